The Labute approximate surface area is 137 Å². The smallest absolute Gasteiger partial charge is 0.262 e. The first-order valence-electron chi connectivity index (χ1n) is 6.46. The third-order valence-electron chi connectivity index (χ3n) is 2.74. The van der Waals surface area contributed by atoms with E-state index in [0.717, 1.165) is 4.88 Å². The second kappa shape index (κ2) is 6.91. The average molecular weight is 389 g/mol. The molecule has 0 fully saturated rings. The Kier molecular flexibility index (Phi) is 5.43. The van der Waals surface area contributed by atoms with E-state index < -0.39 is 10.0 Å². The summed E-state index contributed by atoms with van der Waals surface area (Å²) in [7, 11) is -3.55. The Balaban J connectivity index is 2.15. The summed E-state index contributed by atoms with van der Waals surface area (Å²) >= 11 is 4.77. The Morgan fingerprint density at radius 2 is 2.00 bits per heavy atom. The van der Waals surface area contributed by atoms with Crippen LogP contribution < -0.4 is 10.0 Å². The standard InChI is InChI=1S/C14H17BrN2O2S2/c1-10(2)16-8-11-7-12(9-20-11)21(18,19)17-14-6-4-3-5-13(14)15/h3-7,9-10,16-17H,8H2,1-2H3. The summed E-state index contributed by atoms with van der Waals surface area (Å²) in [4.78, 5) is 1.29. The van der Waals surface area contributed by atoms with E-state index in [1.165, 1.54) is 11.3 Å². The summed E-state index contributed by atoms with van der Waals surface area (Å²) < 4.78 is 28.0. The maximum Gasteiger partial charge on any atom is 0.262 e. The van der Waals surface area contributed by atoms with E-state index in [4.69, 9.17) is 0 Å². The van der Waals surface area contributed by atoms with Gasteiger partial charge < -0.3 is 5.32 Å². The molecule has 114 valence electrons. The number of nitrogens with one attached hydrogen (secondary N) is 2. The normalized spacial score (nSPS) is 11.8. The first-order chi connectivity index (χ1) is 9.88. The number of sulfonamides is 1. The van der Waals surface area contributed by atoms with Crippen LogP contribution >= 0.6 is 27.3 Å². The van der Waals surface area contributed by atoms with Gasteiger partial charge in [0.05, 0.1) is 10.6 Å². The molecular formula is C14H17BrN2O2S2. The molecule has 21 heavy (non-hydrogen) atoms. The summed E-state index contributed by atoms with van der Waals surface area (Å²) in [5.74, 6) is 0. The lowest BCUT2D eigenvalue weighted by molar-refractivity contribution is 0.592. The van der Waals surface area contributed by atoms with Crippen molar-refractivity contribution in [2.24, 2.45) is 0 Å². The van der Waals surface area contributed by atoms with Crippen molar-refractivity contribution < 1.29 is 8.42 Å². The molecule has 2 aromatic rings. The molecule has 2 N–H and O–H groups in total. The molecule has 0 aliphatic carbocycles. The zero-order chi connectivity index (χ0) is 15.5. The van der Waals surface area contributed by atoms with Gasteiger partial charge in [-0.05, 0) is 34.1 Å². The molecule has 0 bridgehead atoms. The molecule has 0 amide bonds. The van der Waals surface area contributed by atoms with Crippen LogP contribution in [0.4, 0.5) is 5.69 Å². The third-order valence-corrected chi connectivity index (χ3v) is 5.87. The molecule has 2 rings (SSSR count). The summed E-state index contributed by atoms with van der Waals surface area (Å²) in [6, 6.07) is 9.21. The molecule has 1 aromatic heterocycles. The Bertz CT molecular complexity index is 711. The number of para-hydroxylation sites is 1. The fourth-order valence-corrected chi connectivity index (χ4v) is 4.47. The number of hydrogen-bond acceptors (Lipinski definition) is 4. The van der Waals surface area contributed by atoms with Gasteiger partial charge in [-0.1, -0.05) is 26.0 Å². The van der Waals surface area contributed by atoms with Gasteiger partial charge in [-0.2, -0.15) is 0 Å². The molecule has 0 unspecified atom stereocenters. The van der Waals surface area contributed by atoms with Crippen molar-refractivity contribution >= 4 is 43.0 Å². The molecule has 7 heteroatoms. The number of anilines is 1. The SMILES string of the molecule is CC(C)NCc1cc(S(=O)(=O)Nc2ccccc2Br)cs1. The predicted octanol–water partition coefficient (Wildman–Crippen LogP) is 3.81. The minimum absolute atomic E-state index is 0.295. The van der Waals surface area contributed by atoms with Crippen LogP contribution in [0.2, 0.25) is 0 Å². The first-order valence-corrected chi connectivity index (χ1v) is 9.62. The molecular weight excluding hydrogens is 372 g/mol. The molecule has 0 atom stereocenters. The van der Waals surface area contributed by atoms with E-state index in [2.05, 4.69) is 39.8 Å². The number of benzene rings is 1. The fraction of sp³-hybridized carbons (Fsp3) is 0.286. The van der Waals surface area contributed by atoms with E-state index in [0.29, 0.717) is 27.6 Å². The third kappa shape index (κ3) is 4.54. The lowest BCUT2D eigenvalue weighted by atomic mass is 10.3. The molecule has 0 aliphatic rings. The fourth-order valence-electron chi connectivity index (χ4n) is 1.65. The highest BCUT2D eigenvalue weighted by molar-refractivity contribution is 9.10. The highest BCUT2D eigenvalue weighted by Crippen LogP contribution is 2.26. The van der Waals surface area contributed by atoms with E-state index in [-0.39, 0.29) is 0 Å². The molecule has 1 heterocycles. The molecule has 0 spiro atoms. The van der Waals surface area contributed by atoms with Gasteiger partial charge in [-0.25, -0.2) is 8.42 Å². The van der Waals surface area contributed by atoms with Crippen molar-refractivity contribution in [3.63, 3.8) is 0 Å². The van der Waals surface area contributed by atoms with Crippen molar-refractivity contribution in [2.75, 3.05) is 4.72 Å². The molecule has 0 radical (unpaired) electrons. The highest BCUT2D eigenvalue weighted by Gasteiger charge is 2.17. The van der Waals surface area contributed by atoms with E-state index >= 15 is 0 Å². The Morgan fingerprint density at radius 1 is 1.29 bits per heavy atom. The van der Waals surface area contributed by atoms with Crippen molar-refractivity contribution in [3.8, 4) is 0 Å². The zero-order valence-corrected chi connectivity index (χ0v) is 15.0. The maximum absolute atomic E-state index is 12.4. The van der Waals surface area contributed by atoms with Crippen LogP contribution in [0.15, 0.2) is 45.1 Å². The van der Waals surface area contributed by atoms with Crippen LogP contribution in [0.3, 0.4) is 0 Å². The minimum atomic E-state index is -3.55. The van der Waals surface area contributed by atoms with Crippen molar-refractivity contribution in [1.29, 1.82) is 0 Å². The van der Waals surface area contributed by atoms with Crippen LogP contribution in [-0.2, 0) is 16.6 Å². The largest absolute Gasteiger partial charge is 0.310 e. The van der Waals surface area contributed by atoms with Crippen LogP contribution in [0.5, 0.6) is 0 Å². The number of hydrogen-bond donors (Lipinski definition) is 2. The predicted molar refractivity (Wildman–Crippen MR) is 91.2 cm³/mol. The average Bonchev–Trinajstić information content (AvgIpc) is 2.88. The van der Waals surface area contributed by atoms with Gasteiger partial charge in [0.2, 0.25) is 0 Å². The van der Waals surface area contributed by atoms with E-state index in [1.54, 1.807) is 29.6 Å². The molecule has 0 saturated carbocycles. The van der Waals surface area contributed by atoms with Crippen LogP contribution in [0, 0.1) is 0 Å². The van der Waals surface area contributed by atoms with Gasteiger partial charge in [0, 0.05) is 27.3 Å². The summed E-state index contributed by atoms with van der Waals surface area (Å²) in [5, 5.41) is 4.94. The first kappa shape index (κ1) is 16.5. The number of thiophene rings is 1. The van der Waals surface area contributed by atoms with Crippen molar-refractivity contribution in [3.05, 3.63) is 45.1 Å². The van der Waals surface area contributed by atoms with Gasteiger partial charge in [0.15, 0.2) is 0 Å². The Hall–Kier alpha value is -0.890. The second-order valence-electron chi connectivity index (χ2n) is 4.87. The number of rotatable bonds is 6. The minimum Gasteiger partial charge on any atom is -0.310 e. The van der Waals surface area contributed by atoms with Crippen LogP contribution in [-0.4, -0.2) is 14.5 Å². The quantitative estimate of drug-likeness (QED) is 0.790. The van der Waals surface area contributed by atoms with Crippen LogP contribution in [0.1, 0.15) is 18.7 Å². The van der Waals surface area contributed by atoms with Crippen molar-refractivity contribution in [1.82, 2.24) is 5.32 Å². The molecule has 1 aromatic carbocycles. The second-order valence-corrected chi connectivity index (χ2v) is 8.40. The zero-order valence-electron chi connectivity index (χ0n) is 11.8. The topological polar surface area (TPSA) is 58.2 Å². The van der Waals surface area contributed by atoms with Gasteiger partial charge in [-0.3, -0.25) is 4.72 Å². The monoisotopic (exact) mass is 388 g/mol. The molecule has 0 aliphatic heterocycles. The summed E-state index contributed by atoms with van der Waals surface area (Å²) in [6.07, 6.45) is 0. The number of halogens is 1. The summed E-state index contributed by atoms with van der Waals surface area (Å²) in [6.45, 7) is 4.78. The van der Waals surface area contributed by atoms with Gasteiger partial charge in [-0.15, -0.1) is 11.3 Å². The Morgan fingerprint density at radius 3 is 2.67 bits per heavy atom. The summed E-state index contributed by atoms with van der Waals surface area (Å²) in [5.41, 5.74) is 0.533. The maximum atomic E-state index is 12.4. The van der Waals surface area contributed by atoms with E-state index in [9.17, 15) is 8.42 Å². The van der Waals surface area contributed by atoms with E-state index in [1.807, 2.05) is 6.07 Å². The lowest BCUT2D eigenvalue weighted by Crippen LogP contribution is -2.21. The molecule has 4 nitrogen and oxygen atoms in total. The van der Waals surface area contributed by atoms with Crippen LogP contribution in [0.25, 0.3) is 0 Å². The highest BCUT2D eigenvalue weighted by atomic mass is 79.9. The van der Waals surface area contributed by atoms with Gasteiger partial charge in [0.1, 0.15) is 0 Å². The lowest BCUT2D eigenvalue weighted by Gasteiger charge is -2.08. The van der Waals surface area contributed by atoms with Gasteiger partial charge in [0.25, 0.3) is 10.0 Å². The molecule has 0 saturated heterocycles. The van der Waals surface area contributed by atoms with Crippen molar-refractivity contribution in [2.45, 2.75) is 31.3 Å². The van der Waals surface area contributed by atoms with Gasteiger partial charge >= 0.3 is 0 Å².